The van der Waals surface area contributed by atoms with Gasteiger partial charge in [0.05, 0.1) is 5.56 Å². The first-order chi connectivity index (χ1) is 7.00. The number of hydrogen-bond acceptors (Lipinski definition) is 2. The van der Waals surface area contributed by atoms with Crippen molar-refractivity contribution in [1.82, 2.24) is 0 Å². The molecule has 0 aliphatic rings. The van der Waals surface area contributed by atoms with Crippen LogP contribution in [-0.4, -0.2) is 16.8 Å². The van der Waals surface area contributed by atoms with E-state index in [1.807, 2.05) is 13.8 Å². The maximum absolute atomic E-state index is 13.3. The maximum Gasteiger partial charge on any atom is 0.335 e. The molecule has 0 saturated carbocycles. The van der Waals surface area contributed by atoms with E-state index in [0.717, 1.165) is 5.75 Å². The molecule has 0 heterocycles. The average Bonchev–Trinajstić information content (AvgIpc) is 2.16. The van der Waals surface area contributed by atoms with Crippen molar-refractivity contribution in [3.05, 3.63) is 29.6 Å². The van der Waals surface area contributed by atoms with Crippen LogP contribution >= 0.6 is 11.8 Å². The molecule has 1 rings (SSSR count). The van der Waals surface area contributed by atoms with E-state index < -0.39 is 5.97 Å². The fourth-order valence-electron chi connectivity index (χ4n) is 1.00. The number of halogens is 1. The fourth-order valence-corrected chi connectivity index (χ4v) is 1.93. The van der Waals surface area contributed by atoms with Gasteiger partial charge in [0, 0.05) is 10.6 Å². The molecule has 4 heteroatoms. The summed E-state index contributed by atoms with van der Waals surface area (Å²) in [6.07, 6.45) is 0. The molecule has 0 radical (unpaired) electrons. The second-order valence-electron chi connectivity index (χ2n) is 3.66. The molecule has 1 N–H and O–H groups in total. The topological polar surface area (TPSA) is 37.3 Å². The monoisotopic (exact) mass is 228 g/mol. The summed E-state index contributed by atoms with van der Waals surface area (Å²) in [5, 5.41) is 8.75. The van der Waals surface area contributed by atoms with Crippen LogP contribution < -0.4 is 0 Å². The summed E-state index contributed by atoms with van der Waals surface area (Å²) in [7, 11) is 0. The minimum absolute atomic E-state index is 0.127. The van der Waals surface area contributed by atoms with Crippen molar-refractivity contribution in [3.8, 4) is 0 Å². The Morgan fingerprint density at radius 2 is 2.20 bits per heavy atom. The van der Waals surface area contributed by atoms with Gasteiger partial charge in [0.25, 0.3) is 0 Å². The Kier molecular flexibility index (Phi) is 4.15. The number of aromatic carboxylic acids is 1. The minimum Gasteiger partial charge on any atom is -0.478 e. The highest BCUT2D eigenvalue weighted by molar-refractivity contribution is 7.99. The zero-order chi connectivity index (χ0) is 11.4. The van der Waals surface area contributed by atoms with Gasteiger partial charge < -0.3 is 5.11 Å². The molecule has 82 valence electrons. The lowest BCUT2D eigenvalue weighted by molar-refractivity contribution is 0.0696. The highest BCUT2D eigenvalue weighted by Gasteiger charge is 2.09. The molecule has 1 aromatic rings. The van der Waals surface area contributed by atoms with Gasteiger partial charge in [0.2, 0.25) is 0 Å². The molecule has 0 aromatic heterocycles. The predicted octanol–water partition coefficient (Wildman–Crippen LogP) is 3.27. The summed E-state index contributed by atoms with van der Waals surface area (Å²) in [6, 6.07) is 3.86. The Morgan fingerprint density at radius 1 is 1.53 bits per heavy atom. The number of carbonyl (C=O) groups is 1. The van der Waals surface area contributed by atoms with Crippen LogP contribution in [-0.2, 0) is 0 Å². The zero-order valence-electron chi connectivity index (χ0n) is 8.66. The van der Waals surface area contributed by atoms with Crippen molar-refractivity contribution in [2.24, 2.45) is 5.92 Å². The first kappa shape index (κ1) is 12.0. The number of rotatable bonds is 4. The second kappa shape index (κ2) is 5.16. The van der Waals surface area contributed by atoms with Crippen molar-refractivity contribution in [3.63, 3.8) is 0 Å². The third kappa shape index (κ3) is 3.55. The zero-order valence-corrected chi connectivity index (χ0v) is 9.47. The van der Waals surface area contributed by atoms with E-state index >= 15 is 0 Å². The van der Waals surface area contributed by atoms with E-state index in [4.69, 9.17) is 5.11 Å². The van der Waals surface area contributed by atoms with E-state index in [2.05, 4.69) is 0 Å². The Bertz CT molecular complexity index is 364. The first-order valence-corrected chi connectivity index (χ1v) is 5.65. The summed E-state index contributed by atoms with van der Waals surface area (Å²) in [5.74, 6) is -0.157. The molecule has 0 atom stereocenters. The van der Waals surface area contributed by atoms with Gasteiger partial charge in [-0.2, -0.15) is 0 Å². The molecule has 0 aliphatic heterocycles. The first-order valence-electron chi connectivity index (χ1n) is 4.66. The molecule has 0 aliphatic carbocycles. The lowest BCUT2D eigenvalue weighted by Crippen LogP contribution is -1.98. The maximum atomic E-state index is 13.3. The van der Waals surface area contributed by atoms with Crippen LogP contribution in [0.3, 0.4) is 0 Å². The standard InChI is InChI=1S/C11H13FO2S/c1-7(2)6-15-10-5-8(11(13)14)3-4-9(10)12/h3-5,7H,6H2,1-2H3,(H,13,14). The van der Waals surface area contributed by atoms with Gasteiger partial charge in [0.1, 0.15) is 5.82 Å². The molecule has 1 aromatic carbocycles. The summed E-state index contributed by atoms with van der Waals surface area (Å²) >= 11 is 1.35. The normalized spacial score (nSPS) is 10.7. The lowest BCUT2D eigenvalue weighted by Gasteiger charge is -2.06. The van der Waals surface area contributed by atoms with E-state index in [1.165, 1.54) is 30.0 Å². The van der Waals surface area contributed by atoms with E-state index in [9.17, 15) is 9.18 Å². The summed E-state index contributed by atoms with van der Waals surface area (Å²) < 4.78 is 13.3. The number of carboxylic acids is 1. The van der Waals surface area contributed by atoms with Crippen molar-refractivity contribution in [2.45, 2.75) is 18.7 Å². The molecular formula is C11H13FO2S. The molecule has 0 unspecified atom stereocenters. The number of thioether (sulfide) groups is 1. The molecule has 0 amide bonds. The second-order valence-corrected chi connectivity index (χ2v) is 4.72. The molecule has 0 spiro atoms. The third-order valence-electron chi connectivity index (χ3n) is 1.75. The van der Waals surface area contributed by atoms with Crippen LogP contribution in [0, 0.1) is 11.7 Å². The average molecular weight is 228 g/mol. The van der Waals surface area contributed by atoms with Crippen molar-refractivity contribution in [2.75, 3.05) is 5.75 Å². The van der Waals surface area contributed by atoms with Crippen LogP contribution in [0.5, 0.6) is 0 Å². The van der Waals surface area contributed by atoms with E-state index in [0.29, 0.717) is 10.8 Å². The number of carboxylic acid groups (broad SMARTS) is 1. The highest BCUT2D eigenvalue weighted by Crippen LogP contribution is 2.24. The molecule has 0 saturated heterocycles. The SMILES string of the molecule is CC(C)CSc1cc(C(=O)O)ccc1F. The van der Waals surface area contributed by atoms with Crippen molar-refractivity contribution >= 4 is 17.7 Å². The highest BCUT2D eigenvalue weighted by atomic mass is 32.2. The lowest BCUT2D eigenvalue weighted by atomic mass is 10.2. The van der Waals surface area contributed by atoms with Crippen LogP contribution in [0.2, 0.25) is 0 Å². The minimum atomic E-state index is -1.03. The molecular weight excluding hydrogens is 215 g/mol. The summed E-state index contributed by atoms with van der Waals surface area (Å²) in [4.78, 5) is 11.1. The van der Waals surface area contributed by atoms with Gasteiger partial charge >= 0.3 is 5.97 Å². The quantitative estimate of drug-likeness (QED) is 0.803. The van der Waals surface area contributed by atoms with E-state index in [-0.39, 0.29) is 11.4 Å². The van der Waals surface area contributed by atoms with Crippen LogP contribution in [0.1, 0.15) is 24.2 Å². The summed E-state index contributed by atoms with van der Waals surface area (Å²) in [6.45, 7) is 4.07. The summed E-state index contributed by atoms with van der Waals surface area (Å²) in [5.41, 5.74) is 0.127. The van der Waals surface area contributed by atoms with Gasteiger partial charge in [0.15, 0.2) is 0 Å². The smallest absolute Gasteiger partial charge is 0.335 e. The molecule has 0 bridgehead atoms. The van der Waals surface area contributed by atoms with E-state index in [1.54, 1.807) is 0 Å². The number of benzene rings is 1. The predicted molar refractivity (Wildman–Crippen MR) is 58.9 cm³/mol. The van der Waals surface area contributed by atoms with Gasteiger partial charge in [-0.3, -0.25) is 0 Å². The van der Waals surface area contributed by atoms with Crippen LogP contribution in [0.15, 0.2) is 23.1 Å². The Labute approximate surface area is 92.5 Å². The van der Waals surface area contributed by atoms with Crippen molar-refractivity contribution < 1.29 is 14.3 Å². The van der Waals surface area contributed by atoms with Crippen LogP contribution in [0.25, 0.3) is 0 Å². The Hall–Kier alpha value is -1.03. The Balaban J connectivity index is 2.85. The van der Waals surface area contributed by atoms with Crippen LogP contribution in [0.4, 0.5) is 4.39 Å². The van der Waals surface area contributed by atoms with Gasteiger partial charge in [-0.05, 0) is 24.1 Å². The third-order valence-corrected chi connectivity index (χ3v) is 3.21. The number of hydrogen-bond donors (Lipinski definition) is 1. The molecule has 0 fully saturated rings. The largest absolute Gasteiger partial charge is 0.478 e. The van der Waals surface area contributed by atoms with Crippen molar-refractivity contribution in [1.29, 1.82) is 0 Å². The van der Waals surface area contributed by atoms with Gasteiger partial charge in [-0.15, -0.1) is 11.8 Å². The van der Waals surface area contributed by atoms with Gasteiger partial charge in [-0.1, -0.05) is 13.8 Å². The fraction of sp³-hybridized carbons (Fsp3) is 0.364. The Morgan fingerprint density at radius 3 is 2.73 bits per heavy atom. The molecule has 2 nitrogen and oxygen atoms in total. The van der Waals surface area contributed by atoms with Gasteiger partial charge in [-0.25, -0.2) is 9.18 Å². The molecule has 15 heavy (non-hydrogen) atoms.